The molecule has 6 aromatic rings. The first-order chi connectivity index (χ1) is 53.6. The molecule has 4 fully saturated rings. The van der Waals surface area contributed by atoms with Gasteiger partial charge in [-0.3, -0.25) is 14.5 Å². The molecule has 115 heavy (non-hydrogen) atoms. The topological polar surface area (TPSA) is 336 Å². The number of nitrogens with one attached hydrogen (secondary N) is 7. The Kier molecular flexibility index (Phi) is 30.5. The number of amides is 2. The van der Waals surface area contributed by atoms with E-state index in [-0.39, 0.29) is 118 Å². The van der Waals surface area contributed by atoms with Gasteiger partial charge in [0.25, 0.3) is 11.8 Å². The van der Waals surface area contributed by atoms with Crippen LogP contribution >= 0.6 is 11.6 Å². The summed E-state index contributed by atoms with van der Waals surface area (Å²) >= 11 is 6.21. The molecule has 4 aliphatic rings. The van der Waals surface area contributed by atoms with Gasteiger partial charge in [0.05, 0.1) is 108 Å². The second-order valence-electron chi connectivity index (χ2n) is 29.8. The van der Waals surface area contributed by atoms with Crippen LogP contribution in [0.25, 0.3) is 0 Å². The molecular formula is C75H98ClF9N16O11S3. The van der Waals surface area contributed by atoms with Crippen molar-refractivity contribution in [1.29, 1.82) is 0 Å². The lowest BCUT2D eigenvalue weighted by Gasteiger charge is -2.43. The van der Waals surface area contributed by atoms with Gasteiger partial charge in [0.1, 0.15) is 17.2 Å². The average molecular weight is 1700 g/mol. The molecule has 40 heteroatoms. The van der Waals surface area contributed by atoms with Gasteiger partial charge in [-0.25, -0.2) is 68.9 Å². The van der Waals surface area contributed by atoms with Crippen LogP contribution in [0.4, 0.5) is 80.1 Å². The SMILES string of the molecule is C#CCNC(=O)c1cc(OC)c(Nc2ncc(C(F)(F)F)c(C[C@@H]3CCC[C@H]3NS(C)(=O)=O)n2)cc1C.CNC(=O)c1cc(OC)c(Nc2ncc(C(F)(F)F)c(C[C@@H]3CCCC[C@H]3NS(C)(=O)=O)n2)cc1Cl.COc1cc(N2CCN(C(C)(C)C)CC2)c(C)cc1Nc1ncc(C(F)(F)F)c(C[C@@H]2CCC[C@H]2N(C)S(C)(=O)=O)n1. The van der Waals surface area contributed by atoms with Crippen LogP contribution in [0.15, 0.2) is 55.0 Å². The standard InChI is InChI=1S/C29H43F3N6O3S.C24H28F3N5O4S.C22H27ClF3N5O4S/c1-19-15-23(26(41-6)17-25(19)37-11-13-38(14-12-37)28(2,3)4)35-27-33-18-21(29(30,31)32)22(34-27)16-20-9-8-10-24(20)36(5)42(7,39)40;1-5-9-28-22(33)16-12-21(36-3)20(10-14(16)2)31-23-29-13-17(24(25,26)27)19(30-23)11-15-7-6-8-18(15)32-37(4,34)35;1-27-20(32)13-9-19(35-2)18(10-15(13)23)30-21-28-11-14(22(24,25)26)17(29-21)8-12-6-4-5-7-16(12)31-36(3,33)34/h15,17-18,20,24H,8-14,16H2,1-7H3,(H,33,34,35);1,10,12-13,15,18,32H,6-9,11H2,2-4H3,(H,28,33)(H,29,30,31);9-12,16,31H,4-8H2,1-3H3,(H,27,32)(H,28,29,30)/t20-,24+;15-,18+;12-,16+/m000/s1. The zero-order chi connectivity index (χ0) is 85.1. The van der Waals surface area contributed by atoms with Gasteiger partial charge in [-0.15, -0.1) is 6.42 Å². The summed E-state index contributed by atoms with van der Waals surface area (Å²) in [6.45, 7) is 14.0. The monoisotopic (exact) mass is 1700 g/mol. The van der Waals surface area contributed by atoms with E-state index in [0.29, 0.717) is 85.6 Å². The summed E-state index contributed by atoms with van der Waals surface area (Å²) in [6.07, 6.45) is 2.73. The molecule has 0 radical (unpaired) electrons. The summed E-state index contributed by atoms with van der Waals surface area (Å²) in [5.41, 5.74) is 0.794. The van der Waals surface area contributed by atoms with Crippen molar-refractivity contribution in [1.82, 2.24) is 59.2 Å². The van der Waals surface area contributed by atoms with Crippen molar-refractivity contribution < 1.29 is 88.6 Å². The molecule has 27 nitrogen and oxygen atoms in total. The quantitative estimate of drug-likeness (QED) is 0.0207. The van der Waals surface area contributed by atoms with Crippen LogP contribution in [0.5, 0.6) is 17.2 Å². The molecule has 3 aliphatic carbocycles. The van der Waals surface area contributed by atoms with Gasteiger partial charge in [0.15, 0.2) is 0 Å². The van der Waals surface area contributed by atoms with E-state index in [1.807, 2.05) is 19.1 Å². The molecule has 1 aliphatic heterocycles. The number of aromatic nitrogens is 6. The fourth-order valence-electron chi connectivity index (χ4n) is 14.7. The normalized spacial score (nSPS) is 19.1. The number of halogens is 10. The number of ether oxygens (including phenoxy) is 3. The minimum atomic E-state index is -4.70. The predicted octanol–water partition coefficient (Wildman–Crippen LogP) is 12.2. The fraction of sp³-hybridized carbons (Fsp3) is 0.547. The molecule has 10 rings (SSSR count). The summed E-state index contributed by atoms with van der Waals surface area (Å²) in [6, 6.07) is 8.35. The molecule has 6 atom stereocenters. The summed E-state index contributed by atoms with van der Waals surface area (Å²) in [5.74, 6) is 1.23. The van der Waals surface area contributed by atoms with E-state index >= 15 is 0 Å². The second-order valence-corrected chi connectivity index (χ2v) is 35.8. The van der Waals surface area contributed by atoms with Crippen molar-refractivity contribution in [3.63, 3.8) is 0 Å². The highest BCUT2D eigenvalue weighted by atomic mass is 35.5. The van der Waals surface area contributed by atoms with Crippen molar-refractivity contribution in [2.24, 2.45) is 17.8 Å². The number of aryl methyl sites for hydroxylation is 2. The molecule has 632 valence electrons. The van der Waals surface area contributed by atoms with E-state index in [1.165, 1.54) is 50.8 Å². The van der Waals surface area contributed by atoms with Gasteiger partial charge in [-0.1, -0.05) is 43.2 Å². The lowest BCUT2D eigenvalue weighted by atomic mass is 9.81. The maximum Gasteiger partial charge on any atom is 0.419 e. The molecule has 2 amide bonds. The van der Waals surface area contributed by atoms with E-state index < -0.39 is 89.2 Å². The Hall–Kier alpha value is -8.65. The maximum absolute atomic E-state index is 14.0. The Morgan fingerprint density at radius 1 is 0.565 bits per heavy atom. The van der Waals surface area contributed by atoms with Crippen LogP contribution in [-0.2, 0) is 67.9 Å². The largest absolute Gasteiger partial charge is 0.495 e. The molecule has 3 aromatic heterocycles. The number of hydrogen-bond acceptors (Lipinski definition) is 22. The summed E-state index contributed by atoms with van der Waals surface area (Å²) in [7, 11) is -3.31. The van der Waals surface area contributed by atoms with Crippen LogP contribution in [-0.4, -0.2) is 187 Å². The number of nitrogens with zero attached hydrogens (tertiary/aromatic N) is 9. The van der Waals surface area contributed by atoms with E-state index in [1.54, 1.807) is 20.1 Å². The minimum absolute atomic E-state index is 0.00772. The summed E-state index contributed by atoms with van der Waals surface area (Å²) < 4.78 is 218. The van der Waals surface area contributed by atoms with E-state index in [4.69, 9.17) is 32.2 Å². The van der Waals surface area contributed by atoms with Crippen molar-refractivity contribution in [2.45, 2.75) is 160 Å². The number of piperazine rings is 1. The maximum atomic E-state index is 14.0. The van der Waals surface area contributed by atoms with Crippen molar-refractivity contribution in [2.75, 3.05) is 108 Å². The molecule has 3 aromatic carbocycles. The Balaban J connectivity index is 0.000000217. The highest BCUT2D eigenvalue weighted by Crippen LogP contribution is 2.43. The van der Waals surface area contributed by atoms with Gasteiger partial charge in [-0.2, -0.15) is 39.5 Å². The number of hydrogen-bond donors (Lipinski definition) is 7. The molecule has 0 spiro atoms. The first-order valence-corrected chi connectivity index (χ1v) is 42.8. The van der Waals surface area contributed by atoms with Crippen LogP contribution in [0.3, 0.4) is 0 Å². The lowest BCUT2D eigenvalue weighted by molar-refractivity contribution is -0.139. The highest BCUT2D eigenvalue weighted by molar-refractivity contribution is 7.89. The number of sulfonamides is 3. The number of rotatable bonds is 25. The third-order valence-electron chi connectivity index (χ3n) is 20.5. The van der Waals surface area contributed by atoms with Crippen molar-refractivity contribution in [3.8, 4) is 29.6 Å². The number of benzene rings is 3. The minimum Gasteiger partial charge on any atom is -0.495 e. The Bertz CT molecular complexity index is 4860. The van der Waals surface area contributed by atoms with Gasteiger partial charge in [0.2, 0.25) is 47.9 Å². The van der Waals surface area contributed by atoms with Crippen LogP contribution in [0, 0.1) is 43.9 Å². The number of terminal acetylenes is 1. The zero-order valence-electron chi connectivity index (χ0n) is 66.0. The van der Waals surface area contributed by atoms with Gasteiger partial charge < -0.3 is 45.7 Å². The smallest absolute Gasteiger partial charge is 0.419 e. The Labute approximate surface area is 669 Å². The first kappa shape index (κ1) is 91.9. The van der Waals surface area contributed by atoms with Crippen LogP contribution < -0.4 is 55.1 Å². The average Bonchev–Trinajstić information content (AvgIpc) is 1.30. The lowest BCUT2D eigenvalue weighted by Crippen LogP contribution is -2.53. The predicted molar refractivity (Wildman–Crippen MR) is 420 cm³/mol. The van der Waals surface area contributed by atoms with Gasteiger partial charge >= 0.3 is 18.5 Å². The molecule has 4 heterocycles. The molecule has 1 saturated heterocycles. The van der Waals surface area contributed by atoms with Crippen molar-refractivity contribution >= 4 is 94.1 Å². The van der Waals surface area contributed by atoms with E-state index in [9.17, 15) is 74.4 Å². The number of methoxy groups -OCH3 is 3. The zero-order valence-corrected chi connectivity index (χ0v) is 69.2. The van der Waals surface area contributed by atoms with E-state index in [0.717, 1.165) is 81.7 Å². The molecule has 3 saturated carbocycles. The third kappa shape index (κ3) is 25.2. The number of alkyl halides is 9. The summed E-state index contributed by atoms with van der Waals surface area (Å²) in [4.78, 5) is 53.4. The Morgan fingerprint density at radius 2 is 0.965 bits per heavy atom. The molecular weight excluding hydrogens is 1600 g/mol. The van der Waals surface area contributed by atoms with Crippen LogP contribution in [0.2, 0.25) is 5.02 Å². The molecule has 7 N–H and O–H groups in total. The number of carbonyl (C=O) groups excluding carboxylic acids is 2. The Morgan fingerprint density at radius 3 is 1.39 bits per heavy atom. The second kappa shape index (κ2) is 38.2. The number of anilines is 7. The fourth-order valence-corrected chi connectivity index (χ4v) is 17.5. The molecule has 0 bridgehead atoms. The third-order valence-corrected chi connectivity index (χ3v) is 23.6. The van der Waals surface area contributed by atoms with Gasteiger partial charge in [0, 0.05) is 99.8 Å². The van der Waals surface area contributed by atoms with Crippen molar-refractivity contribution in [3.05, 3.63) is 116 Å². The van der Waals surface area contributed by atoms with E-state index in [2.05, 4.69) is 102 Å². The first-order valence-electron chi connectivity index (χ1n) is 36.8. The van der Waals surface area contributed by atoms with Crippen LogP contribution in [0.1, 0.15) is 151 Å². The summed E-state index contributed by atoms with van der Waals surface area (Å²) in [5, 5.41) is 13.9. The van der Waals surface area contributed by atoms with Gasteiger partial charge in [-0.05, 0) is 152 Å². The number of carbonyl (C=O) groups is 2. The highest BCUT2D eigenvalue weighted by Gasteiger charge is 2.43. The molecule has 0 unspecified atom stereocenters.